The maximum atomic E-state index is 13.0. The number of hydrogen-bond donors (Lipinski definition) is 1. The molecule has 2 aromatic heterocycles. The Labute approximate surface area is 181 Å². The Hall–Kier alpha value is -2.93. The molecule has 1 N–H and O–H groups in total. The van der Waals surface area contributed by atoms with Crippen LogP contribution in [0.2, 0.25) is 0 Å². The van der Waals surface area contributed by atoms with Gasteiger partial charge in [0.2, 0.25) is 5.82 Å². The van der Waals surface area contributed by atoms with Crippen LogP contribution in [0.4, 0.5) is 5.69 Å². The summed E-state index contributed by atoms with van der Waals surface area (Å²) in [4.78, 5) is 21.6. The summed E-state index contributed by atoms with van der Waals surface area (Å²) in [5.41, 5.74) is 3.61. The lowest BCUT2D eigenvalue weighted by Crippen LogP contribution is -2.40. The molecule has 3 aliphatic heterocycles. The van der Waals surface area contributed by atoms with Gasteiger partial charge in [0, 0.05) is 24.5 Å². The number of amides is 1. The summed E-state index contributed by atoms with van der Waals surface area (Å²) in [6, 6.07) is 13.0. The van der Waals surface area contributed by atoms with Crippen molar-refractivity contribution < 1.29 is 9.90 Å². The van der Waals surface area contributed by atoms with Crippen LogP contribution >= 0.6 is 0 Å². The molecule has 1 aromatic carbocycles. The molecule has 5 heterocycles. The molecule has 1 amide bonds. The normalized spacial score (nSPS) is 29.6. The highest BCUT2D eigenvalue weighted by Gasteiger charge is 2.56. The van der Waals surface area contributed by atoms with Crippen LogP contribution < -0.4 is 4.90 Å². The lowest BCUT2D eigenvalue weighted by atomic mass is 9.81. The van der Waals surface area contributed by atoms with Gasteiger partial charge in [-0.2, -0.15) is 0 Å². The van der Waals surface area contributed by atoms with E-state index >= 15 is 0 Å². The second-order valence-electron chi connectivity index (χ2n) is 9.90. The third-order valence-corrected chi connectivity index (χ3v) is 7.50. The first kappa shape index (κ1) is 18.8. The molecule has 160 valence electrons. The molecule has 0 spiro atoms. The third-order valence-electron chi connectivity index (χ3n) is 7.50. The highest BCUT2D eigenvalue weighted by molar-refractivity contribution is 5.92. The van der Waals surface area contributed by atoms with E-state index < -0.39 is 5.60 Å². The Morgan fingerprint density at radius 1 is 1.19 bits per heavy atom. The van der Waals surface area contributed by atoms with Crippen molar-refractivity contribution in [1.29, 1.82) is 0 Å². The molecule has 7 heteroatoms. The minimum Gasteiger partial charge on any atom is -0.388 e. The summed E-state index contributed by atoms with van der Waals surface area (Å²) in [5.74, 6) is 0.0350. The number of aromatic nitrogens is 3. The molecule has 3 aromatic rings. The van der Waals surface area contributed by atoms with E-state index in [9.17, 15) is 9.90 Å². The van der Waals surface area contributed by atoms with Crippen LogP contribution in [0.3, 0.4) is 0 Å². The average Bonchev–Trinajstić information content (AvgIpc) is 3.49. The number of aryl methyl sites for hydroxylation is 1. The predicted molar refractivity (Wildman–Crippen MR) is 117 cm³/mol. The standard InChI is InChI=1S/C24H27N5O2/c1-16-10-18(27-9-8-23(2,14-27)17-6-4-3-5-7-17)13-29-21(16)25-20(26-29)22(30)28-15-24(31)11-19(28)12-24/h3-7,10,13,19,31H,8-9,11-12,14-15H2,1-2H3/t19?,23-,24?/m0/s1. The Balaban J connectivity index is 1.28. The molecule has 7 nitrogen and oxygen atoms in total. The molecule has 1 atom stereocenters. The number of carbonyl (C=O) groups excluding carboxylic acids is 1. The van der Waals surface area contributed by atoms with Crippen LogP contribution in [0.15, 0.2) is 42.6 Å². The first-order valence-corrected chi connectivity index (χ1v) is 11.0. The van der Waals surface area contributed by atoms with Gasteiger partial charge in [0.1, 0.15) is 0 Å². The van der Waals surface area contributed by atoms with E-state index in [-0.39, 0.29) is 23.2 Å². The largest absolute Gasteiger partial charge is 0.388 e. The molecular formula is C24H27N5O2. The number of pyridine rings is 1. The zero-order valence-corrected chi connectivity index (χ0v) is 18.0. The Bertz CT molecular complexity index is 1180. The van der Waals surface area contributed by atoms with Crippen molar-refractivity contribution in [3.63, 3.8) is 0 Å². The second kappa shape index (κ2) is 6.29. The fraction of sp³-hybridized carbons (Fsp3) is 0.458. The van der Waals surface area contributed by atoms with Crippen molar-refractivity contribution in [3.8, 4) is 0 Å². The molecule has 7 rings (SSSR count). The number of fused-ring (bicyclic) bond motifs is 2. The van der Waals surface area contributed by atoms with E-state index in [1.54, 1.807) is 9.42 Å². The third kappa shape index (κ3) is 2.86. The van der Waals surface area contributed by atoms with Crippen LogP contribution in [0.5, 0.6) is 0 Å². The van der Waals surface area contributed by atoms with Crippen molar-refractivity contribution in [2.45, 2.75) is 50.2 Å². The Morgan fingerprint density at radius 2 is 1.97 bits per heavy atom. The highest BCUT2D eigenvalue weighted by Crippen LogP contribution is 2.44. The van der Waals surface area contributed by atoms with Gasteiger partial charge in [0.05, 0.1) is 24.0 Å². The number of hydrogen-bond acceptors (Lipinski definition) is 5. The van der Waals surface area contributed by atoms with Crippen LogP contribution in [-0.4, -0.2) is 61.8 Å². The molecule has 1 saturated carbocycles. The average molecular weight is 418 g/mol. The number of nitrogens with zero attached hydrogens (tertiary/aromatic N) is 5. The number of benzene rings is 1. The van der Waals surface area contributed by atoms with Gasteiger partial charge in [-0.05, 0) is 43.4 Å². The van der Waals surface area contributed by atoms with E-state index in [2.05, 4.69) is 58.3 Å². The monoisotopic (exact) mass is 417 g/mol. The molecule has 0 radical (unpaired) electrons. The minimum absolute atomic E-state index is 0.116. The Morgan fingerprint density at radius 3 is 2.68 bits per heavy atom. The van der Waals surface area contributed by atoms with E-state index in [1.165, 1.54) is 5.56 Å². The summed E-state index contributed by atoms with van der Waals surface area (Å²) >= 11 is 0. The van der Waals surface area contributed by atoms with Crippen molar-refractivity contribution in [1.82, 2.24) is 19.5 Å². The quantitative estimate of drug-likeness (QED) is 0.709. The summed E-state index contributed by atoms with van der Waals surface area (Å²) in [7, 11) is 0. The van der Waals surface area contributed by atoms with Gasteiger partial charge in [0.25, 0.3) is 5.91 Å². The second-order valence-corrected chi connectivity index (χ2v) is 9.90. The van der Waals surface area contributed by atoms with E-state index in [0.717, 1.165) is 30.8 Å². The Kier molecular flexibility index (Phi) is 3.82. The molecule has 2 bridgehead atoms. The molecule has 31 heavy (non-hydrogen) atoms. The molecule has 3 saturated heterocycles. The van der Waals surface area contributed by atoms with Crippen molar-refractivity contribution in [3.05, 3.63) is 59.5 Å². The number of aliphatic hydroxyl groups is 1. The fourth-order valence-corrected chi connectivity index (χ4v) is 5.63. The molecule has 4 aliphatic rings. The van der Waals surface area contributed by atoms with E-state index in [4.69, 9.17) is 0 Å². The topological polar surface area (TPSA) is 74.0 Å². The zero-order chi connectivity index (χ0) is 21.4. The SMILES string of the molecule is Cc1cc(N2CC[C@](C)(c3ccccc3)C2)cn2nc(C(=O)N3CC4(O)CC3C4)nc12. The first-order chi connectivity index (χ1) is 14.8. The predicted octanol–water partition coefficient (Wildman–Crippen LogP) is 2.56. The summed E-state index contributed by atoms with van der Waals surface area (Å²) in [6.45, 7) is 6.66. The summed E-state index contributed by atoms with van der Waals surface area (Å²) in [6.07, 6.45) is 4.42. The zero-order valence-electron chi connectivity index (χ0n) is 18.0. The molecule has 1 aliphatic carbocycles. The van der Waals surface area contributed by atoms with Crippen molar-refractivity contribution >= 4 is 17.2 Å². The maximum absolute atomic E-state index is 13.0. The summed E-state index contributed by atoms with van der Waals surface area (Å²) in [5, 5.41) is 14.8. The van der Waals surface area contributed by atoms with Gasteiger partial charge in [-0.15, -0.1) is 5.10 Å². The minimum atomic E-state index is -0.691. The van der Waals surface area contributed by atoms with Gasteiger partial charge in [-0.3, -0.25) is 4.79 Å². The lowest BCUT2D eigenvalue weighted by Gasteiger charge is -2.31. The van der Waals surface area contributed by atoms with Gasteiger partial charge < -0.3 is 14.9 Å². The highest BCUT2D eigenvalue weighted by atomic mass is 16.3. The van der Waals surface area contributed by atoms with Crippen LogP contribution in [0, 0.1) is 6.92 Å². The first-order valence-electron chi connectivity index (χ1n) is 11.0. The van der Waals surface area contributed by atoms with Gasteiger partial charge in [0.15, 0.2) is 5.65 Å². The van der Waals surface area contributed by atoms with Crippen LogP contribution in [0.1, 0.15) is 47.9 Å². The van der Waals surface area contributed by atoms with E-state index in [0.29, 0.717) is 25.0 Å². The van der Waals surface area contributed by atoms with Crippen LogP contribution in [-0.2, 0) is 5.41 Å². The van der Waals surface area contributed by atoms with Gasteiger partial charge in [-0.1, -0.05) is 37.3 Å². The van der Waals surface area contributed by atoms with E-state index in [1.807, 2.05) is 13.1 Å². The van der Waals surface area contributed by atoms with Crippen molar-refractivity contribution in [2.75, 3.05) is 24.5 Å². The maximum Gasteiger partial charge on any atom is 0.293 e. The fourth-order valence-electron chi connectivity index (χ4n) is 5.63. The lowest BCUT2D eigenvalue weighted by molar-refractivity contribution is 0.00704. The smallest absolute Gasteiger partial charge is 0.293 e. The molecular weight excluding hydrogens is 390 g/mol. The number of rotatable bonds is 3. The van der Waals surface area contributed by atoms with Crippen molar-refractivity contribution in [2.24, 2.45) is 0 Å². The van der Waals surface area contributed by atoms with Gasteiger partial charge >= 0.3 is 0 Å². The molecule has 0 unspecified atom stereocenters. The number of anilines is 1. The summed E-state index contributed by atoms with van der Waals surface area (Å²) < 4.78 is 1.74. The molecule has 4 fully saturated rings. The number of carbonyl (C=O) groups is 1. The van der Waals surface area contributed by atoms with Gasteiger partial charge in [-0.25, -0.2) is 9.50 Å². The van der Waals surface area contributed by atoms with Crippen LogP contribution in [0.25, 0.3) is 5.65 Å².